The average molecular weight is 307 g/mol. The average Bonchev–Trinajstić information content (AvgIpc) is 2.45. The van der Waals surface area contributed by atoms with Gasteiger partial charge in [0.2, 0.25) is 0 Å². The fourth-order valence-corrected chi connectivity index (χ4v) is 7.18. The Bertz CT molecular complexity index is 249. The van der Waals surface area contributed by atoms with Gasteiger partial charge in [-0.2, -0.15) is 0 Å². The number of halogens is 1. The molecular weight excluding hydrogens is 285 g/mol. The molecule has 2 rings (SSSR count). The van der Waals surface area contributed by atoms with Crippen LogP contribution in [0.2, 0.25) is 0 Å². The van der Waals surface area contributed by atoms with Gasteiger partial charge in [-0.3, -0.25) is 0 Å². The third kappa shape index (κ3) is 1.59. The van der Waals surface area contributed by atoms with Crippen molar-refractivity contribution in [3.8, 4) is 0 Å². The fraction of sp³-hybridized carbons (Fsp3) is 0.833. The molecule has 1 heterocycles. The van der Waals surface area contributed by atoms with E-state index in [0.29, 0.717) is 0 Å². The van der Waals surface area contributed by atoms with Crippen molar-refractivity contribution < 1.29 is 0 Å². The molecule has 0 aromatic rings. The molecule has 2 unspecified atom stereocenters. The molecule has 2 aliphatic rings. The molecule has 2 bridgehead atoms. The standard InChI is InChI=1S/C12H22IN/c1-10(2)14-8-7-12(13(3)4)6-5-11(14)9-12/h11H,1,5-9H2,2-4H3. The van der Waals surface area contributed by atoms with E-state index in [-0.39, 0.29) is 0 Å². The van der Waals surface area contributed by atoms with E-state index in [9.17, 15) is 0 Å². The third-order valence-electron chi connectivity index (χ3n) is 4.06. The van der Waals surface area contributed by atoms with Gasteiger partial charge in [0, 0.05) is 0 Å². The van der Waals surface area contributed by atoms with Crippen molar-refractivity contribution >= 4 is 19.8 Å². The predicted molar refractivity (Wildman–Crippen MR) is 72.4 cm³/mol. The van der Waals surface area contributed by atoms with E-state index in [1.807, 2.05) is 0 Å². The van der Waals surface area contributed by atoms with E-state index in [1.54, 1.807) is 0 Å². The first kappa shape index (κ1) is 10.8. The molecule has 0 aromatic carbocycles. The van der Waals surface area contributed by atoms with Crippen molar-refractivity contribution in [2.45, 2.75) is 42.1 Å². The summed E-state index contributed by atoms with van der Waals surface area (Å²) in [6, 6.07) is 0.848. The zero-order valence-electron chi connectivity index (χ0n) is 9.65. The van der Waals surface area contributed by atoms with Crippen LogP contribution in [0.1, 0.15) is 32.6 Å². The van der Waals surface area contributed by atoms with Gasteiger partial charge in [0.25, 0.3) is 0 Å². The van der Waals surface area contributed by atoms with Gasteiger partial charge in [0.1, 0.15) is 0 Å². The summed E-state index contributed by atoms with van der Waals surface area (Å²) in [5, 5.41) is 0. The molecule has 2 atom stereocenters. The fourth-order valence-electron chi connectivity index (χ4n) is 3.08. The number of likely N-dealkylation sites (tertiary alicyclic amines) is 1. The van der Waals surface area contributed by atoms with E-state index in [2.05, 4.69) is 28.3 Å². The van der Waals surface area contributed by atoms with Gasteiger partial charge in [-0.15, -0.1) is 0 Å². The SMILES string of the molecule is C=C(C)N1CCC2(I(C)C)CCC1C2. The normalized spacial score (nSPS) is 37.2. The van der Waals surface area contributed by atoms with Crippen LogP contribution in [0.25, 0.3) is 0 Å². The van der Waals surface area contributed by atoms with E-state index >= 15 is 0 Å². The first-order valence-corrected chi connectivity index (χ1v) is 10.9. The summed E-state index contributed by atoms with van der Waals surface area (Å²) < 4.78 is 0.834. The van der Waals surface area contributed by atoms with Crippen LogP contribution < -0.4 is 0 Å². The van der Waals surface area contributed by atoms with Gasteiger partial charge in [-0.25, -0.2) is 0 Å². The van der Waals surface area contributed by atoms with Gasteiger partial charge >= 0.3 is 95.5 Å². The van der Waals surface area contributed by atoms with Crippen molar-refractivity contribution in [2.75, 3.05) is 16.4 Å². The van der Waals surface area contributed by atoms with Crippen LogP contribution in [0, 0.1) is 0 Å². The molecule has 1 aliphatic carbocycles. The monoisotopic (exact) mass is 307 g/mol. The molecular formula is C12H22IN. The number of rotatable bonds is 2. The Morgan fingerprint density at radius 1 is 1.43 bits per heavy atom. The van der Waals surface area contributed by atoms with E-state index in [1.165, 1.54) is 37.9 Å². The number of fused-ring (bicyclic) bond motifs is 2. The van der Waals surface area contributed by atoms with Crippen molar-refractivity contribution in [3.63, 3.8) is 0 Å². The zero-order valence-corrected chi connectivity index (χ0v) is 11.8. The van der Waals surface area contributed by atoms with Crippen molar-refractivity contribution in [2.24, 2.45) is 0 Å². The summed E-state index contributed by atoms with van der Waals surface area (Å²) in [5.41, 5.74) is 1.29. The first-order chi connectivity index (χ1) is 6.55. The van der Waals surface area contributed by atoms with Gasteiger partial charge < -0.3 is 0 Å². The second-order valence-corrected chi connectivity index (χ2v) is 11.6. The Hall–Kier alpha value is 0.270. The molecule has 1 saturated carbocycles. The minimum absolute atomic E-state index is 0.630. The number of alkyl halides is 3. The Kier molecular flexibility index (Phi) is 2.84. The van der Waals surface area contributed by atoms with Crippen LogP contribution in [0.15, 0.2) is 12.3 Å². The molecule has 14 heavy (non-hydrogen) atoms. The Morgan fingerprint density at radius 2 is 2.14 bits per heavy atom. The van der Waals surface area contributed by atoms with Crippen molar-refractivity contribution in [1.29, 1.82) is 0 Å². The number of piperidine rings is 1. The Morgan fingerprint density at radius 3 is 2.71 bits per heavy atom. The molecule has 1 saturated heterocycles. The topological polar surface area (TPSA) is 3.24 Å². The van der Waals surface area contributed by atoms with E-state index < -0.39 is 19.8 Å². The summed E-state index contributed by atoms with van der Waals surface area (Å²) in [4.78, 5) is 7.68. The molecule has 0 amide bonds. The molecule has 0 radical (unpaired) electrons. The van der Waals surface area contributed by atoms with Gasteiger partial charge in [-0.05, 0) is 0 Å². The first-order valence-electron chi connectivity index (χ1n) is 5.47. The third-order valence-corrected chi connectivity index (χ3v) is 10.2. The quantitative estimate of drug-likeness (QED) is 0.559. The molecule has 0 spiro atoms. The number of nitrogens with zero attached hydrogens (tertiary/aromatic N) is 1. The van der Waals surface area contributed by atoms with Crippen LogP contribution in [0.4, 0.5) is 0 Å². The summed E-state index contributed by atoms with van der Waals surface area (Å²) in [5.74, 6) is 0. The molecule has 2 heteroatoms. The van der Waals surface area contributed by atoms with Gasteiger partial charge in [-0.1, -0.05) is 0 Å². The second kappa shape index (κ2) is 3.69. The maximum absolute atomic E-state index is 4.10. The van der Waals surface area contributed by atoms with Crippen LogP contribution in [0.5, 0.6) is 0 Å². The zero-order chi connectivity index (χ0) is 10.3. The minimum atomic E-state index is -0.630. The molecule has 1 aliphatic heterocycles. The maximum atomic E-state index is 4.10. The van der Waals surface area contributed by atoms with E-state index in [0.717, 1.165) is 9.46 Å². The molecule has 2 fully saturated rings. The Balaban J connectivity index is 2.12. The Labute approximate surface area is 95.3 Å². The summed E-state index contributed by atoms with van der Waals surface area (Å²) >= 11 is -0.630. The summed E-state index contributed by atoms with van der Waals surface area (Å²) in [6.07, 6.45) is 5.88. The number of allylic oxidation sites excluding steroid dienone is 1. The molecule has 0 aromatic heterocycles. The molecule has 1 nitrogen and oxygen atoms in total. The van der Waals surface area contributed by atoms with Crippen LogP contribution in [-0.2, 0) is 0 Å². The molecule has 82 valence electrons. The van der Waals surface area contributed by atoms with Crippen molar-refractivity contribution in [3.05, 3.63) is 12.3 Å². The number of hydrogen-bond donors (Lipinski definition) is 0. The molecule has 0 N–H and O–H groups in total. The van der Waals surface area contributed by atoms with Crippen LogP contribution >= 0.6 is 19.8 Å². The predicted octanol–water partition coefficient (Wildman–Crippen LogP) is 3.28. The second-order valence-electron chi connectivity index (χ2n) is 4.98. The van der Waals surface area contributed by atoms with Gasteiger partial charge in [0.05, 0.1) is 0 Å². The van der Waals surface area contributed by atoms with Crippen LogP contribution in [0.3, 0.4) is 0 Å². The van der Waals surface area contributed by atoms with Crippen molar-refractivity contribution in [1.82, 2.24) is 4.90 Å². The van der Waals surface area contributed by atoms with Gasteiger partial charge in [0.15, 0.2) is 0 Å². The van der Waals surface area contributed by atoms with E-state index in [4.69, 9.17) is 0 Å². The number of hydrogen-bond acceptors (Lipinski definition) is 1. The van der Waals surface area contributed by atoms with Crippen LogP contribution in [-0.4, -0.2) is 30.8 Å². The summed E-state index contributed by atoms with van der Waals surface area (Å²) in [7, 11) is 0. The summed E-state index contributed by atoms with van der Waals surface area (Å²) in [6.45, 7) is 7.56.